The average molecular weight is 382 g/mol. The van der Waals surface area contributed by atoms with Gasteiger partial charge in [0, 0.05) is 76.2 Å². The van der Waals surface area contributed by atoms with E-state index in [1.54, 1.807) is 0 Å². The van der Waals surface area contributed by atoms with Gasteiger partial charge in [0.1, 0.15) is 0 Å². The first-order chi connectivity index (χ1) is 10.3. The molecule has 0 aliphatic carbocycles. The highest BCUT2D eigenvalue weighted by Gasteiger charge is 2.18. The molecule has 0 unspecified atom stereocenters. The maximum absolute atomic E-state index is 6.08. The Kier molecular flexibility index (Phi) is 9.59. The first-order valence-electron chi connectivity index (χ1n) is 7.97. The van der Waals surface area contributed by atoms with Crippen LogP contribution in [0, 0.1) is 0 Å². The number of anilines is 1. The first kappa shape index (κ1) is 20.8. The summed E-state index contributed by atoms with van der Waals surface area (Å²) in [5, 5.41) is 4.24. The Labute approximate surface area is 157 Å². The molecule has 2 fully saturated rings. The van der Waals surface area contributed by atoms with E-state index in [1.807, 2.05) is 12.1 Å². The third-order valence-corrected chi connectivity index (χ3v) is 4.72. The number of hydrogen-bond donors (Lipinski definition) is 1. The number of nitrogens with one attached hydrogen (secondary N) is 1. The minimum atomic E-state index is 0. The van der Waals surface area contributed by atoms with Crippen molar-refractivity contribution in [2.24, 2.45) is 0 Å². The van der Waals surface area contributed by atoms with Crippen LogP contribution in [-0.4, -0.2) is 75.2 Å². The van der Waals surface area contributed by atoms with Crippen LogP contribution in [0.4, 0.5) is 5.69 Å². The molecule has 0 saturated carbocycles. The van der Waals surface area contributed by atoms with Crippen LogP contribution >= 0.6 is 36.4 Å². The van der Waals surface area contributed by atoms with E-state index in [2.05, 4.69) is 32.1 Å². The Morgan fingerprint density at radius 3 is 2.09 bits per heavy atom. The summed E-state index contributed by atoms with van der Waals surface area (Å²) in [7, 11) is 0. The fourth-order valence-electron chi connectivity index (χ4n) is 3.12. The molecule has 2 aliphatic rings. The second-order valence-electron chi connectivity index (χ2n) is 5.90. The summed E-state index contributed by atoms with van der Waals surface area (Å²) >= 11 is 6.08. The van der Waals surface area contributed by atoms with Crippen LogP contribution in [0.1, 0.15) is 0 Å². The van der Waals surface area contributed by atoms with E-state index < -0.39 is 0 Å². The molecule has 3 rings (SSSR count). The van der Waals surface area contributed by atoms with Crippen LogP contribution in [0.2, 0.25) is 5.02 Å². The third kappa shape index (κ3) is 6.29. The molecule has 0 aromatic heterocycles. The summed E-state index contributed by atoms with van der Waals surface area (Å²) in [6.45, 7) is 11.6. The Hall–Kier alpha value is -0.230. The van der Waals surface area contributed by atoms with Crippen LogP contribution in [0.15, 0.2) is 24.3 Å². The first-order valence-corrected chi connectivity index (χ1v) is 8.35. The number of nitrogens with zero attached hydrogens (tertiary/aromatic N) is 3. The lowest BCUT2D eigenvalue weighted by molar-refractivity contribution is 0.183. The lowest BCUT2D eigenvalue weighted by Gasteiger charge is -2.37. The van der Waals surface area contributed by atoms with Gasteiger partial charge in [-0.15, -0.1) is 24.8 Å². The molecule has 4 nitrogen and oxygen atoms in total. The molecule has 1 aromatic rings. The number of benzene rings is 1. The summed E-state index contributed by atoms with van der Waals surface area (Å²) in [6, 6.07) is 8.20. The second-order valence-corrected chi connectivity index (χ2v) is 6.34. The Morgan fingerprint density at radius 2 is 1.48 bits per heavy atom. The Balaban J connectivity index is 0.00000132. The zero-order valence-electron chi connectivity index (χ0n) is 13.4. The van der Waals surface area contributed by atoms with E-state index in [1.165, 1.54) is 31.9 Å². The normalized spacial score (nSPS) is 19.8. The summed E-state index contributed by atoms with van der Waals surface area (Å²) in [6.07, 6.45) is 0. The van der Waals surface area contributed by atoms with Gasteiger partial charge in [0.15, 0.2) is 0 Å². The largest absolute Gasteiger partial charge is 0.369 e. The van der Waals surface area contributed by atoms with E-state index >= 15 is 0 Å². The van der Waals surface area contributed by atoms with Crippen molar-refractivity contribution in [3.8, 4) is 0 Å². The van der Waals surface area contributed by atoms with Crippen molar-refractivity contribution >= 4 is 42.1 Å². The van der Waals surface area contributed by atoms with E-state index in [9.17, 15) is 0 Å². The monoisotopic (exact) mass is 380 g/mol. The summed E-state index contributed by atoms with van der Waals surface area (Å²) < 4.78 is 0. The van der Waals surface area contributed by atoms with Gasteiger partial charge >= 0.3 is 0 Å². The van der Waals surface area contributed by atoms with Crippen LogP contribution in [-0.2, 0) is 0 Å². The van der Waals surface area contributed by atoms with Gasteiger partial charge in [0.25, 0.3) is 0 Å². The standard InChI is InChI=1S/C16H25ClN4.2ClH/c17-15-2-1-3-16(14-15)21-12-10-20(11-13-21)9-8-19-6-4-18-5-7-19;;/h1-3,14,18H,4-13H2;2*1H. The van der Waals surface area contributed by atoms with Gasteiger partial charge in [-0.3, -0.25) is 9.80 Å². The van der Waals surface area contributed by atoms with E-state index in [4.69, 9.17) is 11.6 Å². The number of piperazine rings is 2. The predicted molar refractivity (Wildman–Crippen MR) is 104 cm³/mol. The molecule has 1 N–H and O–H groups in total. The fraction of sp³-hybridized carbons (Fsp3) is 0.625. The molecule has 0 bridgehead atoms. The molecule has 0 radical (unpaired) electrons. The second kappa shape index (κ2) is 10.6. The molecule has 0 atom stereocenters. The summed E-state index contributed by atoms with van der Waals surface area (Å²) in [4.78, 5) is 7.59. The average Bonchev–Trinajstić information content (AvgIpc) is 2.54. The van der Waals surface area contributed by atoms with Gasteiger partial charge < -0.3 is 10.2 Å². The van der Waals surface area contributed by atoms with Crippen molar-refractivity contribution in [3.63, 3.8) is 0 Å². The van der Waals surface area contributed by atoms with Crippen molar-refractivity contribution < 1.29 is 0 Å². The maximum Gasteiger partial charge on any atom is 0.0426 e. The van der Waals surface area contributed by atoms with E-state index in [0.29, 0.717) is 0 Å². The minimum absolute atomic E-state index is 0. The van der Waals surface area contributed by atoms with Crippen molar-refractivity contribution in [2.45, 2.75) is 0 Å². The van der Waals surface area contributed by atoms with Crippen molar-refractivity contribution in [2.75, 3.05) is 70.3 Å². The number of rotatable bonds is 4. The molecule has 7 heteroatoms. The minimum Gasteiger partial charge on any atom is -0.369 e. The molecular formula is C16H27Cl3N4. The molecule has 1 aromatic carbocycles. The predicted octanol–water partition coefficient (Wildman–Crippen LogP) is 2.21. The Morgan fingerprint density at radius 1 is 0.870 bits per heavy atom. The maximum atomic E-state index is 6.08. The molecule has 132 valence electrons. The van der Waals surface area contributed by atoms with Gasteiger partial charge in [0.05, 0.1) is 0 Å². The third-order valence-electron chi connectivity index (χ3n) is 4.49. The van der Waals surface area contributed by atoms with E-state index in [0.717, 1.165) is 44.3 Å². The lowest BCUT2D eigenvalue weighted by atomic mass is 10.2. The zero-order valence-corrected chi connectivity index (χ0v) is 15.8. The number of halogens is 3. The highest BCUT2D eigenvalue weighted by molar-refractivity contribution is 6.30. The molecule has 0 spiro atoms. The van der Waals surface area contributed by atoms with Crippen LogP contribution in [0.25, 0.3) is 0 Å². The highest BCUT2D eigenvalue weighted by atomic mass is 35.5. The number of hydrogen-bond acceptors (Lipinski definition) is 4. The Bertz CT molecular complexity index is 447. The van der Waals surface area contributed by atoms with Crippen LogP contribution in [0.5, 0.6) is 0 Å². The van der Waals surface area contributed by atoms with Gasteiger partial charge in [-0.25, -0.2) is 0 Å². The molecule has 2 aliphatic heterocycles. The quantitative estimate of drug-likeness (QED) is 0.863. The van der Waals surface area contributed by atoms with Crippen LogP contribution < -0.4 is 10.2 Å². The fourth-order valence-corrected chi connectivity index (χ4v) is 3.30. The zero-order chi connectivity index (χ0) is 14.5. The molecular weight excluding hydrogens is 355 g/mol. The van der Waals surface area contributed by atoms with Crippen molar-refractivity contribution in [3.05, 3.63) is 29.3 Å². The summed E-state index contributed by atoms with van der Waals surface area (Å²) in [5.41, 5.74) is 1.25. The molecule has 0 amide bonds. The molecule has 2 heterocycles. The van der Waals surface area contributed by atoms with Crippen molar-refractivity contribution in [1.29, 1.82) is 0 Å². The lowest BCUT2D eigenvalue weighted by Crippen LogP contribution is -2.50. The van der Waals surface area contributed by atoms with Gasteiger partial charge in [-0.05, 0) is 18.2 Å². The van der Waals surface area contributed by atoms with Gasteiger partial charge in [-0.2, -0.15) is 0 Å². The molecule has 2 saturated heterocycles. The SMILES string of the molecule is Cl.Cl.Clc1cccc(N2CCN(CCN3CCNCC3)CC2)c1. The van der Waals surface area contributed by atoms with Gasteiger partial charge in [-0.1, -0.05) is 17.7 Å². The summed E-state index contributed by atoms with van der Waals surface area (Å²) in [5.74, 6) is 0. The van der Waals surface area contributed by atoms with Gasteiger partial charge in [0.2, 0.25) is 0 Å². The smallest absolute Gasteiger partial charge is 0.0426 e. The highest BCUT2D eigenvalue weighted by Crippen LogP contribution is 2.20. The van der Waals surface area contributed by atoms with Crippen molar-refractivity contribution in [1.82, 2.24) is 15.1 Å². The van der Waals surface area contributed by atoms with E-state index in [-0.39, 0.29) is 24.8 Å². The topological polar surface area (TPSA) is 21.8 Å². The van der Waals surface area contributed by atoms with Crippen LogP contribution in [0.3, 0.4) is 0 Å². The molecule has 23 heavy (non-hydrogen) atoms.